The molecule has 25 heavy (non-hydrogen) atoms. The molecule has 1 amide bonds. The van der Waals surface area contributed by atoms with E-state index in [2.05, 4.69) is 5.32 Å². The molecule has 0 radical (unpaired) electrons. The van der Waals surface area contributed by atoms with Crippen LogP contribution in [0.4, 0.5) is 0 Å². The zero-order valence-corrected chi connectivity index (χ0v) is 14.0. The Labute approximate surface area is 143 Å². The Balaban J connectivity index is 0. The van der Waals surface area contributed by atoms with Gasteiger partial charge in [0.2, 0.25) is 6.41 Å². The van der Waals surface area contributed by atoms with Crippen molar-refractivity contribution >= 4 is 30.3 Å². The molecular formula is C13H24N3O9+. The first kappa shape index (κ1) is 24.5. The van der Waals surface area contributed by atoms with Gasteiger partial charge in [-0.25, -0.2) is 9.59 Å². The Morgan fingerprint density at radius 1 is 0.920 bits per heavy atom. The number of nitrogens with one attached hydrogen (secondary N) is 1. The molecule has 12 nitrogen and oxygen atoms in total. The summed E-state index contributed by atoms with van der Waals surface area (Å²) in [5, 5.41) is 37.2. The standard InChI is InChI=1S/C11H18N2O8.C2H5NO/c1-13(6-10(18)19,7-11(20)21)3-2-12(4-8(14)15)5-9(16)17;1-3-2-4/h2-7H2,1H3,(H3-,14,15,16,17,18,19,20,21);2H,1H3,(H,3,4)/p+1. The highest BCUT2D eigenvalue weighted by molar-refractivity contribution is 5.72. The van der Waals surface area contributed by atoms with E-state index < -0.39 is 50.1 Å². The van der Waals surface area contributed by atoms with E-state index in [1.165, 1.54) is 7.05 Å². The molecule has 0 atom stereocenters. The molecule has 12 heteroatoms. The van der Waals surface area contributed by atoms with Crippen LogP contribution in [0.3, 0.4) is 0 Å². The molecule has 0 bridgehead atoms. The van der Waals surface area contributed by atoms with Crippen LogP contribution in [0.5, 0.6) is 0 Å². The normalized spacial score (nSPS) is 10.4. The van der Waals surface area contributed by atoms with Crippen molar-refractivity contribution in [3.8, 4) is 0 Å². The van der Waals surface area contributed by atoms with Crippen LogP contribution in [-0.4, -0.2) is 113 Å². The van der Waals surface area contributed by atoms with Crippen molar-refractivity contribution in [3.63, 3.8) is 0 Å². The van der Waals surface area contributed by atoms with Crippen LogP contribution in [0, 0.1) is 0 Å². The smallest absolute Gasteiger partial charge is 0.359 e. The summed E-state index contributed by atoms with van der Waals surface area (Å²) < 4.78 is -0.361. The summed E-state index contributed by atoms with van der Waals surface area (Å²) in [6.07, 6.45) is 0.625. The average molecular weight is 366 g/mol. The number of carbonyl (C=O) groups is 5. The van der Waals surface area contributed by atoms with Gasteiger partial charge in [0.25, 0.3) is 0 Å². The molecule has 0 heterocycles. The summed E-state index contributed by atoms with van der Waals surface area (Å²) >= 11 is 0. The van der Waals surface area contributed by atoms with Gasteiger partial charge >= 0.3 is 23.9 Å². The molecule has 0 aliphatic heterocycles. The van der Waals surface area contributed by atoms with Gasteiger partial charge in [-0.2, -0.15) is 0 Å². The molecule has 5 N–H and O–H groups in total. The van der Waals surface area contributed by atoms with Crippen molar-refractivity contribution in [1.29, 1.82) is 0 Å². The van der Waals surface area contributed by atoms with Gasteiger partial charge in [0.15, 0.2) is 13.1 Å². The van der Waals surface area contributed by atoms with Crippen molar-refractivity contribution in [2.75, 3.05) is 53.4 Å². The van der Waals surface area contributed by atoms with Crippen LogP contribution in [0.2, 0.25) is 0 Å². The third-order valence-electron chi connectivity index (χ3n) is 2.83. The van der Waals surface area contributed by atoms with E-state index in [0.29, 0.717) is 6.41 Å². The van der Waals surface area contributed by atoms with Gasteiger partial charge < -0.3 is 30.2 Å². The summed E-state index contributed by atoms with van der Waals surface area (Å²) in [4.78, 5) is 53.0. The number of carboxylic acid groups (broad SMARTS) is 4. The largest absolute Gasteiger partial charge is 0.480 e. The highest BCUT2D eigenvalue weighted by Gasteiger charge is 2.29. The lowest BCUT2D eigenvalue weighted by atomic mass is 10.3. The molecular weight excluding hydrogens is 342 g/mol. The predicted octanol–water partition coefficient (Wildman–Crippen LogP) is -2.56. The Morgan fingerprint density at radius 2 is 1.28 bits per heavy atom. The van der Waals surface area contributed by atoms with Gasteiger partial charge in [-0.15, -0.1) is 0 Å². The lowest BCUT2D eigenvalue weighted by Gasteiger charge is -2.33. The number of quaternary nitrogens is 1. The van der Waals surface area contributed by atoms with Crippen molar-refractivity contribution < 1.29 is 48.9 Å². The number of hydrogen-bond acceptors (Lipinski definition) is 6. The third-order valence-corrected chi connectivity index (χ3v) is 2.83. The number of amides is 1. The minimum Gasteiger partial charge on any atom is -0.480 e. The number of aliphatic carboxylic acids is 4. The Bertz CT molecular complexity index is 449. The third kappa shape index (κ3) is 15.9. The van der Waals surface area contributed by atoms with E-state index in [0.717, 1.165) is 4.90 Å². The molecule has 0 aliphatic carbocycles. The van der Waals surface area contributed by atoms with E-state index in [9.17, 15) is 19.2 Å². The monoisotopic (exact) mass is 366 g/mol. The molecule has 0 aliphatic rings. The van der Waals surface area contributed by atoms with Crippen LogP contribution in [0.1, 0.15) is 0 Å². The first-order chi connectivity index (χ1) is 11.5. The van der Waals surface area contributed by atoms with E-state index >= 15 is 0 Å². The van der Waals surface area contributed by atoms with E-state index in [1.807, 2.05) is 0 Å². The zero-order valence-electron chi connectivity index (χ0n) is 14.0. The molecule has 0 aromatic carbocycles. The predicted molar refractivity (Wildman–Crippen MR) is 82.9 cm³/mol. The highest BCUT2D eigenvalue weighted by atomic mass is 16.4. The van der Waals surface area contributed by atoms with Crippen LogP contribution in [-0.2, 0) is 24.0 Å². The van der Waals surface area contributed by atoms with Gasteiger partial charge in [0.1, 0.15) is 0 Å². The Kier molecular flexibility index (Phi) is 12.4. The van der Waals surface area contributed by atoms with Gasteiger partial charge in [-0.3, -0.25) is 19.3 Å². The maximum atomic E-state index is 10.8. The summed E-state index contributed by atoms with van der Waals surface area (Å²) in [5.41, 5.74) is 0. The van der Waals surface area contributed by atoms with Gasteiger partial charge in [0, 0.05) is 13.6 Å². The van der Waals surface area contributed by atoms with E-state index in [1.54, 1.807) is 7.05 Å². The second-order valence-corrected chi connectivity index (χ2v) is 5.35. The van der Waals surface area contributed by atoms with Gasteiger partial charge in [-0.1, -0.05) is 0 Å². The average Bonchev–Trinajstić information content (AvgIpc) is 2.42. The lowest BCUT2D eigenvalue weighted by molar-refractivity contribution is -0.894. The number of carbonyl (C=O) groups excluding carboxylic acids is 1. The number of hydrogen-bond donors (Lipinski definition) is 5. The zero-order chi connectivity index (χ0) is 20.0. The van der Waals surface area contributed by atoms with Crippen molar-refractivity contribution in [3.05, 3.63) is 0 Å². The van der Waals surface area contributed by atoms with E-state index in [4.69, 9.17) is 25.2 Å². The fourth-order valence-corrected chi connectivity index (χ4v) is 1.85. The van der Waals surface area contributed by atoms with Gasteiger partial charge in [0.05, 0.1) is 26.7 Å². The fourth-order valence-electron chi connectivity index (χ4n) is 1.85. The molecule has 144 valence electrons. The second-order valence-electron chi connectivity index (χ2n) is 5.35. The van der Waals surface area contributed by atoms with Crippen molar-refractivity contribution in [1.82, 2.24) is 10.2 Å². The molecule has 0 aromatic heterocycles. The number of nitrogens with zero attached hydrogens (tertiary/aromatic N) is 2. The molecule has 0 saturated carbocycles. The SMILES string of the molecule is CNC=O.C[N+](CCN(CC(=O)O)CC(=O)O)(CC(=O)O)CC(=O)O. The Morgan fingerprint density at radius 3 is 1.52 bits per heavy atom. The molecule has 0 spiro atoms. The second kappa shape index (κ2) is 12.7. The molecule has 0 aromatic rings. The van der Waals surface area contributed by atoms with Crippen LogP contribution in [0.25, 0.3) is 0 Å². The number of likely N-dealkylation sites (N-methyl/N-ethyl adjacent to an activating group) is 1. The molecule has 0 rings (SSSR count). The lowest BCUT2D eigenvalue weighted by Crippen LogP contribution is -2.54. The maximum Gasteiger partial charge on any atom is 0.359 e. The van der Waals surface area contributed by atoms with Gasteiger partial charge in [-0.05, 0) is 0 Å². The molecule has 0 fully saturated rings. The molecule has 0 unspecified atom stereocenters. The summed E-state index contributed by atoms with van der Waals surface area (Å²) in [6, 6.07) is 0. The van der Waals surface area contributed by atoms with E-state index in [-0.39, 0.29) is 17.6 Å². The Hall–Kier alpha value is -2.73. The first-order valence-electron chi connectivity index (χ1n) is 6.99. The topological polar surface area (TPSA) is 182 Å². The highest BCUT2D eigenvalue weighted by Crippen LogP contribution is 2.03. The van der Waals surface area contributed by atoms with Crippen molar-refractivity contribution in [2.24, 2.45) is 0 Å². The molecule has 0 saturated heterocycles. The van der Waals surface area contributed by atoms with Crippen LogP contribution >= 0.6 is 0 Å². The first-order valence-corrected chi connectivity index (χ1v) is 6.99. The summed E-state index contributed by atoms with van der Waals surface area (Å²) in [5.74, 6) is -4.83. The van der Waals surface area contributed by atoms with Crippen LogP contribution in [0.15, 0.2) is 0 Å². The maximum absolute atomic E-state index is 10.8. The minimum atomic E-state index is -1.22. The summed E-state index contributed by atoms with van der Waals surface area (Å²) in [6.45, 7) is -2.01. The number of carboxylic acids is 4. The quantitative estimate of drug-likeness (QED) is 0.182. The van der Waals surface area contributed by atoms with Crippen molar-refractivity contribution in [2.45, 2.75) is 0 Å². The summed E-state index contributed by atoms with van der Waals surface area (Å²) in [7, 11) is 2.97. The number of rotatable bonds is 12. The fraction of sp³-hybridized carbons (Fsp3) is 0.615. The van der Waals surface area contributed by atoms with Crippen LogP contribution < -0.4 is 5.32 Å². The minimum absolute atomic E-state index is 0.000833.